The van der Waals surface area contributed by atoms with E-state index < -0.39 is 0 Å². The van der Waals surface area contributed by atoms with Crippen LogP contribution in [0.2, 0.25) is 0 Å². The van der Waals surface area contributed by atoms with Gasteiger partial charge in [-0.2, -0.15) is 5.10 Å². The van der Waals surface area contributed by atoms with Gasteiger partial charge >= 0.3 is 0 Å². The molecule has 0 radical (unpaired) electrons. The van der Waals surface area contributed by atoms with E-state index >= 15 is 0 Å². The second kappa shape index (κ2) is 7.04. The van der Waals surface area contributed by atoms with Crippen molar-refractivity contribution in [3.63, 3.8) is 0 Å². The fourth-order valence-corrected chi connectivity index (χ4v) is 2.40. The summed E-state index contributed by atoms with van der Waals surface area (Å²) in [5.41, 5.74) is 1.30. The Bertz CT molecular complexity index is 452. The van der Waals surface area contributed by atoms with Gasteiger partial charge in [-0.3, -0.25) is 0 Å². The molecule has 1 aromatic heterocycles. The van der Waals surface area contributed by atoms with Crippen molar-refractivity contribution in [1.29, 1.82) is 0 Å². The number of benzene rings is 1. The summed E-state index contributed by atoms with van der Waals surface area (Å²) in [7, 11) is 0. The highest BCUT2D eigenvalue weighted by atomic mass is 15.3. The van der Waals surface area contributed by atoms with Crippen molar-refractivity contribution >= 4 is 0 Å². The van der Waals surface area contributed by atoms with Crippen LogP contribution in [0.5, 0.6) is 0 Å². The van der Waals surface area contributed by atoms with Crippen molar-refractivity contribution < 1.29 is 0 Å². The zero-order chi connectivity index (χ0) is 13.5. The maximum Gasteiger partial charge on any atom is 0.137 e. The average molecular weight is 258 g/mol. The summed E-state index contributed by atoms with van der Waals surface area (Å²) < 4.78 is 1.96. The van der Waals surface area contributed by atoms with Crippen molar-refractivity contribution in [3.05, 3.63) is 48.5 Å². The summed E-state index contributed by atoms with van der Waals surface area (Å²) >= 11 is 0. The fraction of sp³-hybridized carbons (Fsp3) is 0.467. The fourth-order valence-electron chi connectivity index (χ4n) is 2.40. The quantitative estimate of drug-likeness (QED) is 0.830. The van der Waals surface area contributed by atoms with Crippen molar-refractivity contribution in [3.8, 4) is 0 Å². The van der Waals surface area contributed by atoms with Crippen molar-refractivity contribution in [2.45, 2.75) is 38.8 Å². The average Bonchev–Trinajstić information content (AvgIpc) is 2.98. The highest BCUT2D eigenvalue weighted by Crippen LogP contribution is 2.28. The van der Waals surface area contributed by atoms with Crippen molar-refractivity contribution in [1.82, 2.24) is 20.1 Å². The minimum absolute atomic E-state index is 0.271. The van der Waals surface area contributed by atoms with E-state index in [1.54, 1.807) is 12.7 Å². The zero-order valence-corrected chi connectivity index (χ0v) is 11.7. The number of nitrogens with one attached hydrogen (secondary N) is 1. The Hall–Kier alpha value is -1.68. The van der Waals surface area contributed by atoms with Crippen LogP contribution in [0.4, 0.5) is 0 Å². The third-order valence-electron chi connectivity index (χ3n) is 3.35. The van der Waals surface area contributed by atoms with Gasteiger partial charge in [0.1, 0.15) is 12.7 Å². The van der Waals surface area contributed by atoms with E-state index in [2.05, 4.69) is 59.6 Å². The van der Waals surface area contributed by atoms with Gasteiger partial charge in [-0.05, 0) is 24.9 Å². The lowest BCUT2D eigenvalue weighted by Crippen LogP contribution is -2.31. The molecule has 1 N–H and O–H groups in total. The van der Waals surface area contributed by atoms with Crippen LogP contribution in [-0.4, -0.2) is 21.3 Å². The second-order valence-corrected chi connectivity index (χ2v) is 4.69. The maximum atomic E-state index is 4.31. The molecule has 1 aromatic carbocycles. The molecule has 2 rings (SSSR count). The minimum atomic E-state index is 0.271. The number of hydrogen-bond acceptors (Lipinski definition) is 3. The van der Waals surface area contributed by atoms with Crippen molar-refractivity contribution in [2.75, 3.05) is 6.54 Å². The van der Waals surface area contributed by atoms with E-state index in [0.29, 0.717) is 0 Å². The van der Waals surface area contributed by atoms with Gasteiger partial charge in [0.15, 0.2) is 0 Å². The number of hydrogen-bond donors (Lipinski definition) is 1. The Kier molecular flexibility index (Phi) is 5.10. The topological polar surface area (TPSA) is 42.7 Å². The van der Waals surface area contributed by atoms with E-state index in [4.69, 9.17) is 0 Å². The molecule has 0 saturated carbocycles. The first-order chi connectivity index (χ1) is 9.36. The lowest BCUT2D eigenvalue weighted by Gasteiger charge is -2.27. The maximum absolute atomic E-state index is 4.31. The molecule has 2 aromatic rings. The normalized spacial score (nSPS) is 14.2. The molecule has 0 aliphatic heterocycles. The molecule has 0 spiro atoms. The van der Waals surface area contributed by atoms with Crippen LogP contribution in [0.1, 0.15) is 44.3 Å². The Labute approximate surface area is 114 Å². The lowest BCUT2D eigenvalue weighted by atomic mass is 9.97. The summed E-state index contributed by atoms with van der Waals surface area (Å²) in [5.74, 6) is 0. The van der Waals surface area contributed by atoms with Gasteiger partial charge in [-0.15, -0.1) is 0 Å². The van der Waals surface area contributed by atoms with E-state index in [-0.39, 0.29) is 12.1 Å². The Morgan fingerprint density at radius 2 is 2.00 bits per heavy atom. The highest BCUT2D eigenvalue weighted by Gasteiger charge is 2.23. The first-order valence-electron chi connectivity index (χ1n) is 6.99. The first-order valence-corrected chi connectivity index (χ1v) is 6.99. The molecular weight excluding hydrogens is 236 g/mol. The predicted octanol–water partition coefficient (Wildman–Crippen LogP) is 2.97. The molecule has 1 heterocycles. The van der Waals surface area contributed by atoms with Gasteiger partial charge in [0, 0.05) is 0 Å². The second-order valence-electron chi connectivity index (χ2n) is 4.69. The molecule has 0 aliphatic rings. The standard InChI is InChI=1S/C15H22N4/c1-3-10-17-15(13-8-6-5-7-9-13)14(4-2)19-12-16-11-18-19/h5-9,11-12,14-15,17H,3-4,10H2,1-2H3. The van der Waals surface area contributed by atoms with Crippen LogP contribution in [0.3, 0.4) is 0 Å². The first kappa shape index (κ1) is 13.7. The molecule has 4 heteroatoms. The smallest absolute Gasteiger partial charge is 0.137 e. The molecule has 0 aliphatic carbocycles. The molecule has 0 saturated heterocycles. The van der Waals surface area contributed by atoms with Crippen LogP contribution in [0, 0.1) is 0 Å². The largest absolute Gasteiger partial charge is 0.308 e. The van der Waals surface area contributed by atoms with Gasteiger partial charge in [-0.1, -0.05) is 44.2 Å². The molecular formula is C15H22N4. The number of aromatic nitrogens is 3. The molecule has 0 amide bonds. The molecule has 0 fully saturated rings. The van der Waals surface area contributed by atoms with E-state index in [1.165, 1.54) is 5.56 Å². The van der Waals surface area contributed by atoms with Gasteiger partial charge in [0.2, 0.25) is 0 Å². The monoisotopic (exact) mass is 258 g/mol. The van der Waals surface area contributed by atoms with Crippen LogP contribution in [0.25, 0.3) is 0 Å². The predicted molar refractivity (Wildman–Crippen MR) is 76.8 cm³/mol. The third-order valence-corrected chi connectivity index (χ3v) is 3.35. The summed E-state index contributed by atoms with van der Waals surface area (Å²) in [5, 5.41) is 7.94. The molecule has 0 bridgehead atoms. The third kappa shape index (κ3) is 3.41. The van der Waals surface area contributed by atoms with E-state index in [1.807, 2.05) is 4.68 Å². The highest BCUT2D eigenvalue weighted by molar-refractivity contribution is 5.20. The van der Waals surface area contributed by atoms with Gasteiger partial charge in [0.25, 0.3) is 0 Å². The summed E-state index contributed by atoms with van der Waals surface area (Å²) in [4.78, 5) is 4.07. The number of nitrogens with zero attached hydrogens (tertiary/aromatic N) is 3. The number of rotatable bonds is 7. The Morgan fingerprint density at radius 1 is 1.21 bits per heavy atom. The van der Waals surface area contributed by atoms with Crippen LogP contribution >= 0.6 is 0 Å². The molecule has 2 unspecified atom stereocenters. The van der Waals surface area contributed by atoms with Gasteiger partial charge in [0.05, 0.1) is 12.1 Å². The van der Waals surface area contributed by atoms with E-state index in [0.717, 1.165) is 19.4 Å². The van der Waals surface area contributed by atoms with Gasteiger partial charge in [-0.25, -0.2) is 9.67 Å². The minimum Gasteiger partial charge on any atom is -0.308 e. The van der Waals surface area contributed by atoms with Crippen LogP contribution in [-0.2, 0) is 0 Å². The van der Waals surface area contributed by atoms with Crippen LogP contribution < -0.4 is 5.32 Å². The van der Waals surface area contributed by atoms with Gasteiger partial charge < -0.3 is 5.32 Å². The summed E-state index contributed by atoms with van der Waals surface area (Å²) in [6.45, 7) is 5.38. The SMILES string of the molecule is CCCNC(c1ccccc1)C(CC)n1cncn1. The molecule has 4 nitrogen and oxygen atoms in total. The zero-order valence-electron chi connectivity index (χ0n) is 11.7. The summed E-state index contributed by atoms with van der Waals surface area (Å²) in [6.07, 6.45) is 5.54. The van der Waals surface area contributed by atoms with Crippen molar-refractivity contribution in [2.24, 2.45) is 0 Å². The molecule has 2 atom stereocenters. The summed E-state index contributed by atoms with van der Waals surface area (Å²) in [6, 6.07) is 11.1. The molecule has 19 heavy (non-hydrogen) atoms. The molecule has 102 valence electrons. The lowest BCUT2D eigenvalue weighted by molar-refractivity contribution is 0.321. The van der Waals surface area contributed by atoms with E-state index in [9.17, 15) is 0 Å². The Morgan fingerprint density at radius 3 is 2.58 bits per heavy atom. The Balaban J connectivity index is 2.25. The van der Waals surface area contributed by atoms with Crippen LogP contribution in [0.15, 0.2) is 43.0 Å².